The summed E-state index contributed by atoms with van der Waals surface area (Å²) in [4.78, 5) is 19.0. The maximum Gasteiger partial charge on any atom is 0.231 e. The van der Waals surface area contributed by atoms with Gasteiger partial charge < -0.3 is 9.47 Å². The van der Waals surface area contributed by atoms with Gasteiger partial charge in [0.2, 0.25) is 5.78 Å². The zero-order valence-electron chi connectivity index (χ0n) is 15.5. The van der Waals surface area contributed by atoms with E-state index in [-0.39, 0.29) is 17.4 Å². The Kier molecular flexibility index (Phi) is 4.33. The lowest BCUT2D eigenvalue weighted by Crippen LogP contribution is -2.31. The number of ether oxygens (including phenoxy) is 2. The number of halogens is 1. The lowest BCUT2D eigenvalue weighted by atomic mass is 10.0. The first-order valence-corrected chi connectivity index (χ1v) is 9.27. The Bertz CT molecular complexity index is 1110. The lowest BCUT2D eigenvalue weighted by molar-refractivity contribution is 0.0872. The summed E-state index contributed by atoms with van der Waals surface area (Å²) in [6.45, 7) is 1.77. The van der Waals surface area contributed by atoms with Crippen molar-refractivity contribution in [3.05, 3.63) is 94.8 Å². The van der Waals surface area contributed by atoms with Crippen LogP contribution in [0.3, 0.4) is 0 Å². The van der Waals surface area contributed by atoms with E-state index in [9.17, 15) is 9.18 Å². The quantitative estimate of drug-likeness (QED) is 0.630. The Labute approximate surface area is 167 Å². The Morgan fingerprint density at radius 1 is 1.07 bits per heavy atom. The van der Waals surface area contributed by atoms with Crippen molar-refractivity contribution >= 4 is 11.9 Å². The van der Waals surface area contributed by atoms with Crippen LogP contribution in [0.25, 0.3) is 6.08 Å². The van der Waals surface area contributed by atoms with E-state index in [2.05, 4.69) is 9.88 Å². The minimum absolute atomic E-state index is 0.182. The van der Waals surface area contributed by atoms with Crippen LogP contribution in [0.15, 0.2) is 66.7 Å². The summed E-state index contributed by atoms with van der Waals surface area (Å²) in [7, 11) is 0. The number of hydrogen-bond donors (Lipinski definition) is 0. The fourth-order valence-corrected chi connectivity index (χ4v) is 3.56. The summed E-state index contributed by atoms with van der Waals surface area (Å²) in [5.41, 5.74) is 3.21. The molecule has 0 radical (unpaired) electrons. The van der Waals surface area contributed by atoms with Gasteiger partial charge in [-0.25, -0.2) is 4.39 Å². The van der Waals surface area contributed by atoms with Crippen LogP contribution >= 0.6 is 0 Å². The molecule has 0 N–H and O–H groups in total. The van der Waals surface area contributed by atoms with Crippen LogP contribution in [0.2, 0.25) is 0 Å². The maximum absolute atomic E-state index is 13.1. The summed E-state index contributed by atoms with van der Waals surface area (Å²) in [6.07, 6.45) is 5.16. The van der Waals surface area contributed by atoms with Crippen LogP contribution in [0.4, 0.5) is 4.39 Å². The fraction of sp³-hybridized carbons (Fsp3) is 0.130. The summed E-state index contributed by atoms with van der Waals surface area (Å²) in [5, 5.41) is 0. The highest BCUT2D eigenvalue weighted by Crippen LogP contribution is 2.42. The number of rotatable bonds is 3. The van der Waals surface area contributed by atoms with E-state index in [4.69, 9.17) is 9.47 Å². The van der Waals surface area contributed by atoms with E-state index in [1.807, 2.05) is 18.2 Å². The van der Waals surface area contributed by atoms with Crippen molar-refractivity contribution in [1.82, 2.24) is 9.88 Å². The molecule has 0 bridgehead atoms. The highest BCUT2D eigenvalue weighted by atomic mass is 19.1. The molecule has 29 heavy (non-hydrogen) atoms. The maximum atomic E-state index is 13.1. The molecule has 2 aromatic carbocycles. The SMILES string of the molecule is O=C1C(=Cc2ccc(F)cc2)Oc2c1ccc1c2CN(Cc2ccncc2)CO1. The molecule has 0 unspecified atom stereocenters. The van der Waals surface area contributed by atoms with Gasteiger partial charge in [-0.05, 0) is 53.6 Å². The van der Waals surface area contributed by atoms with Gasteiger partial charge in [-0.3, -0.25) is 14.7 Å². The van der Waals surface area contributed by atoms with Crippen molar-refractivity contribution in [3.63, 3.8) is 0 Å². The minimum atomic E-state index is -0.324. The Balaban J connectivity index is 1.43. The number of benzene rings is 2. The normalized spacial score (nSPS) is 16.9. The third kappa shape index (κ3) is 3.39. The second-order valence-corrected chi connectivity index (χ2v) is 7.03. The second kappa shape index (κ2) is 7.14. The molecule has 0 saturated heterocycles. The van der Waals surface area contributed by atoms with E-state index >= 15 is 0 Å². The van der Waals surface area contributed by atoms with Gasteiger partial charge in [0, 0.05) is 25.5 Å². The van der Waals surface area contributed by atoms with E-state index in [1.54, 1.807) is 36.7 Å². The summed E-state index contributed by atoms with van der Waals surface area (Å²) in [6, 6.07) is 13.4. The Morgan fingerprint density at radius 2 is 1.86 bits per heavy atom. The van der Waals surface area contributed by atoms with Crippen molar-refractivity contribution < 1.29 is 18.7 Å². The summed E-state index contributed by atoms with van der Waals surface area (Å²) >= 11 is 0. The van der Waals surface area contributed by atoms with Crippen molar-refractivity contribution in [2.45, 2.75) is 13.1 Å². The van der Waals surface area contributed by atoms with Crippen LogP contribution < -0.4 is 9.47 Å². The molecule has 0 atom stereocenters. The van der Waals surface area contributed by atoms with Gasteiger partial charge in [0.05, 0.1) is 11.1 Å². The number of fused-ring (bicyclic) bond motifs is 3. The summed E-state index contributed by atoms with van der Waals surface area (Å²) < 4.78 is 25.0. The molecular weight excluding hydrogens is 371 g/mol. The van der Waals surface area contributed by atoms with Crippen molar-refractivity contribution in [2.75, 3.05) is 6.73 Å². The number of aromatic nitrogens is 1. The van der Waals surface area contributed by atoms with E-state index in [0.29, 0.717) is 36.7 Å². The van der Waals surface area contributed by atoms with Crippen molar-refractivity contribution in [2.24, 2.45) is 0 Å². The molecule has 1 aromatic heterocycles. The number of carbonyl (C=O) groups excluding carboxylic acids is 1. The minimum Gasteiger partial charge on any atom is -0.478 e. The molecule has 0 spiro atoms. The number of ketones is 1. The monoisotopic (exact) mass is 388 g/mol. The van der Waals surface area contributed by atoms with Gasteiger partial charge in [0.15, 0.2) is 5.76 Å². The molecule has 0 fully saturated rings. The van der Waals surface area contributed by atoms with Crippen LogP contribution in [-0.4, -0.2) is 22.4 Å². The van der Waals surface area contributed by atoms with Gasteiger partial charge in [0.25, 0.3) is 0 Å². The van der Waals surface area contributed by atoms with Gasteiger partial charge in [-0.15, -0.1) is 0 Å². The zero-order chi connectivity index (χ0) is 19.8. The number of Topliss-reactive ketones (excluding diaryl/α,β-unsaturated/α-hetero) is 1. The third-order valence-electron chi connectivity index (χ3n) is 5.01. The van der Waals surface area contributed by atoms with Gasteiger partial charge >= 0.3 is 0 Å². The molecule has 3 heterocycles. The topological polar surface area (TPSA) is 51.7 Å². The largest absolute Gasteiger partial charge is 0.478 e. The van der Waals surface area contributed by atoms with Gasteiger partial charge in [0.1, 0.15) is 24.0 Å². The highest BCUT2D eigenvalue weighted by Gasteiger charge is 2.33. The standard InChI is InChI=1S/C23H17FN2O3/c24-17-3-1-15(2-4-17)11-21-22(27)18-5-6-20-19(23(18)29-21)13-26(14-28-20)12-16-7-9-25-10-8-16/h1-11H,12-14H2. The second-order valence-electron chi connectivity index (χ2n) is 7.03. The molecule has 2 aliphatic rings. The Hall–Kier alpha value is -3.51. The molecule has 0 saturated carbocycles. The van der Waals surface area contributed by atoms with E-state index in [1.165, 1.54) is 12.1 Å². The first-order valence-electron chi connectivity index (χ1n) is 9.27. The molecule has 6 heteroatoms. The molecule has 144 valence electrons. The number of hydrogen-bond acceptors (Lipinski definition) is 5. The smallest absolute Gasteiger partial charge is 0.231 e. The van der Waals surface area contributed by atoms with Crippen LogP contribution in [0, 0.1) is 5.82 Å². The molecular formula is C23H17FN2O3. The number of nitrogens with zero attached hydrogens (tertiary/aromatic N) is 2. The first-order chi connectivity index (χ1) is 14.2. The van der Waals surface area contributed by atoms with Gasteiger partial charge in [-0.2, -0.15) is 0 Å². The van der Waals surface area contributed by atoms with Crippen molar-refractivity contribution in [1.29, 1.82) is 0 Å². The van der Waals surface area contributed by atoms with Crippen LogP contribution in [0.5, 0.6) is 11.5 Å². The highest BCUT2D eigenvalue weighted by molar-refractivity contribution is 6.15. The number of pyridine rings is 1. The number of allylic oxidation sites excluding steroid dienone is 1. The zero-order valence-corrected chi connectivity index (χ0v) is 15.5. The van der Waals surface area contributed by atoms with Crippen LogP contribution in [0.1, 0.15) is 27.0 Å². The number of carbonyl (C=O) groups is 1. The predicted molar refractivity (Wildman–Crippen MR) is 105 cm³/mol. The molecule has 0 amide bonds. The Morgan fingerprint density at radius 3 is 2.66 bits per heavy atom. The molecule has 5 rings (SSSR count). The van der Waals surface area contributed by atoms with Crippen LogP contribution in [-0.2, 0) is 13.1 Å². The lowest BCUT2D eigenvalue weighted by Gasteiger charge is -2.29. The molecule has 0 aliphatic carbocycles. The summed E-state index contributed by atoms with van der Waals surface area (Å²) in [5.74, 6) is 0.991. The predicted octanol–water partition coefficient (Wildman–Crippen LogP) is 4.19. The van der Waals surface area contributed by atoms with E-state index < -0.39 is 0 Å². The first kappa shape index (κ1) is 17.6. The van der Waals surface area contributed by atoms with Gasteiger partial charge in [-0.1, -0.05) is 12.1 Å². The van der Waals surface area contributed by atoms with Crippen molar-refractivity contribution in [3.8, 4) is 11.5 Å². The fourth-order valence-electron chi connectivity index (χ4n) is 3.56. The average Bonchev–Trinajstić information content (AvgIpc) is 3.06. The molecule has 3 aromatic rings. The third-order valence-corrected chi connectivity index (χ3v) is 5.01. The average molecular weight is 388 g/mol. The molecule has 5 nitrogen and oxygen atoms in total. The van der Waals surface area contributed by atoms with E-state index in [0.717, 1.165) is 16.9 Å². The molecule has 2 aliphatic heterocycles.